The van der Waals surface area contributed by atoms with E-state index in [2.05, 4.69) is 0 Å². The van der Waals surface area contributed by atoms with E-state index in [0.717, 1.165) is 0 Å². The third kappa shape index (κ3) is 2.46. The summed E-state index contributed by atoms with van der Waals surface area (Å²) in [6.07, 6.45) is 0. The van der Waals surface area contributed by atoms with E-state index < -0.39 is 9.76 Å². The second-order valence-electron chi connectivity index (χ2n) is 2.26. The summed E-state index contributed by atoms with van der Waals surface area (Å²) in [6.45, 7) is 0. The molecule has 1 rings (SSSR count). The monoisotopic (exact) mass is 239 g/mol. The molecule has 0 heterocycles. The molecule has 0 bridgehead atoms. The van der Waals surface area contributed by atoms with Gasteiger partial charge in [-0.05, 0) is 12.1 Å². The first-order valence-corrected chi connectivity index (χ1v) is 4.49. The van der Waals surface area contributed by atoms with Crippen LogP contribution in [0.4, 0.5) is 5.69 Å². The fourth-order valence-electron chi connectivity index (χ4n) is 0.859. The van der Waals surface area contributed by atoms with Crippen molar-refractivity contribution in [3.63, 3.8) is 0 Å². The summed E-state index contributed by atoms with van der Waals surface area (Å²) in [5.74, 6) is 0. The van der Waals surface area contributed by atoms with E-state index in [4.69, 9.17) is 34.8 Å². The number of hydrogen-bond acceptors (Lipinski definition) is 2. The van der Waals surface area contributed by atoms with Gasteiger partial charge in [-0.15, -0.1) is 0 Å². The molecule has 0 aliphatic heterocycles. The Morgan fingerprint density at radius 2 is 2.00 bits per heavy atom. The zero-order valence-corrected chi connectivity index (χ0v) is 8.47. The van der Waals surface area contributed by atoms with Gasteiger partial charge in [0.2, 0.25) is 0 Å². The molecule has 0 saturated carbocycles. The summed E-state index contributed by atoms with van der Waals surface area (Å²) in [6, 6.07) is 4.15. The van der Waals surface area contributed by atoms with E-state index in [9.17, 15) is 10.1 Å². The third-order valence-corrected chi connectivity index (χ3v) is 2.13. The van der Waals surface area contributed by atoms with Crippen LogP contribution >= 0.6 is 34.8 Å². The lowest BCUT2D eigenvalue weighted by atomic mass is 10.2. The van der Waals surface area contributed by atoms with E-state index in [1.165, 1.54) is 18.2 Å². The number of alkyl halides is 2. The third-order valence-electron chi connectivity index (χ3n) is 1.42. The largest absolute Gasteiger partial charge is 0.276 e. The van der Waals surface area contributed by atoms with Gasteiger partial charge in [0.15, 0.2) is 0 Å². The highest BCUT2D eigenvalue weighted by Gasteiger charge is 2.18. The molecule has 0 spiro atoms. The molecular weight excluding hydrogens is 236 g/mol. The van der Waals surface area contributed by atoms with Crippen LogP contribution < -0.4 is 0 Å². The van der Waals surface area contributed by atoms with Crippen LogP contribution in [0.15, 0.2) is 18.2 Å². The highest BCUT2D eigenvalue weighted by atomic mass is 35.5. The Bertz CT molecular complexity index is 341. The molecule has 0 aromatic heterocycles. The van der Waals surface area contributed by atoms with Crippen LogP contribution in [0.1, 0.15) is 10.4 Å². The van der Waals surface area contributed by atoms with E-state index in [1.54, 1.807) is 0 Å². The van der Waals surface area contributed by atoms with E-state index in [1.807, 2.05) is 0 Å². The number of nitrogens with zero attached hydrogens (tertiary/aromatic N) is 1. The number of nitro groups is 1. The van der Waals surface area contributed by atoms with Gasteiger partial charge in [-0.1, -0.05) is 34.8 Å². The number of benzene rings is 1. The molecule has 0 radical (unpaired) electrons. The lowest BCUT2D eigenvalue weighted by Crippen LogP contribution is -1.94. The van der Waals surface area contributed by atoms with Gasteiger partial charge < -0.3 is 0 Å². The Morgan fingerprint density at radius 3 is 2.46 bits per heavy atom. The van der Waals surface area contributed by atoms with Crippen LogP contribution in [0.5, 0.6) is 0 Å². The first-order valence-electron chi connectivity index (χ1n) is 3.24. The molecule has 0 aliphatic carbocycles. The number of halogens is 3. The fraction of sp³-hybridized carbons (Fsp3) is 0.143. The smallest absolute Gasteiger partial charge is 0.258 e. The maximum Gasteiger partial charge on any atom is 0.276 e. The minimum Gasteiger partial charge on any atom is -0.258 e. The molecule has 1 aromatic rings. The van der Waals surface area contributed by atoms with Crippen molar-refractivity contribution in [2.24, 2.45) is 0 Å². The Labute approximate surface area is 89.4 Å². The van der Waals surface area contributed by atoms with Crippen molar-refractivity contribution in [1.29, 1.82) is 0 Å². The zero-order chi connectivity index (χ0) is 10.0. The molecule has 70 valence electrons. The van der Waals surface area contributed by atoms with Gasteiger partial charge in [0.1, 0.15) is 4.84 Å². The second kappa shape index (κ2) is 4.13. The predicted molar refractivity (Wildman–Crippen MR) is 52.6 cm³/mol. The van der Waals surface area contributed by atoms with Gasteiger partial charge in [-0.2, -0.15) is 0 Å². The molecule has 0 N–H and O–H groups in total. The Kier molecular flexibility index (Phi) is 3.36. The predicted octanol–water partition coefficient (Wildman–Crippen LogP) is 3.72. The molecular formula is C7H4Cl3NO2. The average molecular weight is 240 g/mol. The summed E-state index contributed by atoms with van der Waals surface area (Å²) in [5, 5.41) is 10.8. The molecule has 0 amide bonds. The van der Waals surface area contributed by atoms with E-state index >= 15 is 0 Å². The number of nitro benzene ring substituents is 1. The maximum atomic E-state index is 10.5. The van der Waals surface area contributed by atoms with Crippen molar-refractivity contribution in [3.8, 4) is 0 Å². The van der Waals surface area contributed by atoms with Gasteiger partial charge >= 0.3 is 0 Å². The van der Waals surface area contributed by atoms with Crippen LogP contribution in [0, 0.1) is 10.1 Å². The zero-order valence-electron chi connectivity index (χ0n) is 6.21. The van der Waals surface area contributed by atoms with Crippen LogP contribution in [0.2, 0.25) is 5.02 Å². The van der Waals surface area contributed by atoms with Crippen LogP contribution in [-0.4, -0.2) is 4.92 Å². The summed E-state index contributed by atoms with van der Waals surface area (Å²) in [4.78, 5) is 9.02. The van der Waals surface area contributed by atoms with Crippen molar-refractivity contribution in [2.75, 3.05) is 0 Å². The normalized spacial score (nSPS) is 10.5. The highest BCUT2D eigenvalue weighted by Crippen LogP contribution is 2.33. The maximum absolute atomic E-state index is 10.5. The average Bonchev–Trinajstić information content (AvgIpc) is 2.03. The molecule has 0 unspecified atom stereocenters. The van der Waals surface area contributed by atoms with Crippen molar-refractivity contribution in [3.05, 3.63) is 38.9 Å². The molecule has 1 aromatic carbocycles. The first-order chi connectivity index (χ1) is 6.02. The summed E-state index contributed by atoms with van der Waals surface area (Å²) in [5.41, 5.74) is 0.0835. The number of rotatable bonds is 2. The van der Waals surface area contributed by atoms with Gasteiger partial charge in [0, 0.05) is 11.1 Å². The Hall–Kier alpha value is -0.510. The van der Waals surface area contributed by atoms with Crippen molar-refractivity contribution in [1.82, 2.24) is 0 Å². The highest BCUT2D eigenvalue weighted by molar-refractivity contribution is 6.44. The summed E-state index contributed by atoms with van der Waals surface area (Å²) >= 11 is 16.6. The van der Waals surface area contributed by atoms with Crippen LogP contribution in [0.3, 0.4) is 0 Å². The number of hydrogen-bond donors (Lipinski definition) is 0. The lowest BCUT2D eigenvalue weighted by molar-refractivity contribution is -0.385. The first kappa shape index (κ1) is 10.6. The topological polar surface area (TPSA) is 43.1 Å². The lowest BCUT2D eigenvalue weighted by Gasteiger charge is -2.02. The van der Waals surface area contributed by atoms with Crippen molar-refractivity contribution < 1.29 is 4.92 Å². The summed E-state index contributed by atoms with van der Waals surface area (Å²) in [7, 11) is 0. The Morgan fingerprint density at radius 1 is 1.38 bits per heavy atom. The molecule has 13 heavy (non-hydrogen) atoms. The molecule has 0 saturated heterocycles. The van der Waals surface area contributed by atoms with Gasteiger partial charge in [0.25, 0.3) is 5.69 Å². The van der Waals surface area contributed by atoms with Gasteiger partial charge in [-0.25, -0.2) is 0 Å². The fourth-order valence-corrected chi connectivity index (χ4v) is 1.39. The van der Waals surface area contributed by atoms with E-state index in [0.29, 0.717) is 0 Å². The molecule has 0 atom stereocenters. The second-order valence-corrected chi connectivity index (χ2v) is 3.79. The van der Waals surface area contributed by atoms with Gasteiger partial charge in [-0.3, -0.25) is 10.1 Å². The van der Waals surface area contributed by atoms with Crippen molar-refractivity contribution in [2.45, 2.75) is 4.84 Å². The van der Waals surface area contributed by atoms with E-state index in [-0.39, 0.29) is 16.3 Å². The SMILES string of the molecule is O=[N+]([O-])c1cc(Cl)ccc1C(Cl)Cl. The molecule has 3 nitrogen and oxygen atoms in total. The molecule has 6 heteroatoms. The minimum absolute atomic E-state index is 0.164. The molecule has 0 fully saturated rings. The minimum atomic E-state index is -0.919. The van der Waals surface area contributed by atoms with Gasteiger partial charge in [0.05, 0.1) is 10.5 Å². The van der Waals surface area contributed by atoms with Crippen molar-refractivity contribution >= 4 is 40.5 Å². The van der Waals surface area contributed by atoms with Crippen LogP contribution in [-0.2, 0) is 0 Å². The quantitative estimate of drug-likeness (QED) is 0.449. The molecule has 0 aliphatic rings. The standard InChI is InChI=1S/C7H4Cl3NO2/c8-4-1-2-5(7(9)10)6(3-4)11(12)13/h1-3,7H. The summed E-state index contributed by atoms with van der Waals surface area (Å²) < 4.78 is 0. The Balaban J connectivity index is 3.27. The van der Waals surface area contributed by atoms with Crippen LogP contribution in [0.25, 0.3) is 0 Å².